The second-order valence-corrected chi connectivity index (χ2v) is 3.92. The summed E-state index contributed by atoms with van der Waals surface area (Å²) in [7, 11) is 0. The fourth-order valence-corrected chi connectivity index (χ4v) is 1.51. The molecule has 0 saturated heterocycles. The maximum atomic E-state index is 10.8. The normalized spacial score (nSPS) is 11.0. The number of nitrogens with one attached hydrogen (secondary N) is 1. The number of phenols is 1. The number of carbonyl (C=O) groups is 1. The van der Waals surface area contributed by atoms with Crippen molar-refractivity contribution in [2.45, 2.75) is 0 Å². The lowest BCUT2D eigenvalue weighted by atomic mass is 10.2. The highest BCUT2D eigenvalue weighted by Crippen LogP contribution is 2.29. The summed E-state index contributed by atoms with van der Waals surface area (Å²) >= 11 is 0. The number of aromatic carboxylic acids is 1. The fraction of sp³-hybridized carbons (Fsp3) is 0. The average Bonchev–Trinajstić information content (AvgIpc) is 2.49. The summed E-state index contributed by atoms with van der Waals surface area (Å²) in [4.78, 5) is 10.8. The molecule has 0 unspecified atom stereocenters. The van der Waals surface area contributed by atoms with Crippen molar-refractivity contribution >= 4 is 23.7 Å². The van der Waals surface area contributed by atoms with Gasteiger partial charge in [0.1, 0.15) is 11.3 Å². The lowest BCUT2D eigenvalue weighted by molar-refractivity contribution is 0.0694. The predicted molar refractivity (Wildman–Crippen MR) is 78.1 cm³/mol. The zero-order valence-electron chi connectivity index (χ0n) is 10.8. The summed E-state index contributed by atoms with van der Waals surface area (Å²) in [5.41, 5.74) is 3.35. The van der Waals surface area contributed by atoms with Crippen LogP contribution in [-0.4, -0.2) is 22.5 Å². The van der Waals surface area contributed by atoms with Crippen molar-refractivity contribution in [1.82, 2.24) is 0 Å². The summed E-state index contributed by atoms with van der Waals surface area (Å²) in [6, 6.07) is 13.5. The lowest BCUT2D eigenvalue weighted by Crippen LogP contribution is -1.95. The summed E-state index contributed by atoms with van der Waals surface area (Å²) < 4.78 is 0. The van der Waals surface area contributed by atoms with Crippen LogP contribution < -0.4 is 5.43 Å². The summed E-state index contributed by atoms with van der Waals surface area (Å²) in [5, 5.41) is 29.7. The summed E-state index contributed by atoms with van der Waals surface area (Å²) in [5.74, 6) is -1.66. The van der Waals surface area contributed by atoms with Crippen LogP contribution in [0.3, 0.4) is 0 Å². The standard InChI is InChI=1S/C14H12N4O3/c19-13-11(14(20)21)7-4-8-12(13)18-16-9-15-17-10-5-2-1-3-6-10/h1-9,17,19H,(H,20,21)/b15-9+,18-16?. The molecule has 21 heavy (non-hydrogen) atoms. The number of hydrazone groups is 1. The topological polar surface area (TPSA) is 107 Å². The molecule has 0 aliphatic heterocycles. The zero-order valence-corrected chi connectivity index (χ0v) is 10.8. The molecule has 7 nitrogen and oxygen atoms in total. The molecular formula is C14H12N4O3. The van der Waals surface area contributed by atoms with Crippen molar-refractivity contribution in [3.8, 4) is 5.75 Å². The highest BCUT2D eigenvalue weighted by Gasteiger charge is 2.12. The van der Waals surface area contributed by atoms with Gasteiger partial charge >= 0.3 is 5.97 Å². The molecule has 0 amide bonds. The molecule has 0 heterocycles. The first-order valence-electron chi connectivity index (χ1n) is 5.97. The molecule has 0 aliphatic rings. The largest absolute Gasteiger partial charge is 0.505 e. The van der Waals surface area contributed by atoms with E-state index in [4.69, 9.17) is 5.11 Å². The van der Waals surface area contributed by atoms with Gasteiger partial charge in [-0.3, -0.25) is 5.43 Å². The van der Waals surface area contributed by atoms with E-state index in [9.17, 15) is 9.90 Å². The van der Waals surface area contributed by atoms with Crippen LogP contribution in [0.15, 0.2) is 63.9 Å². The van der Waals surface area contributed by atoms with Crippen molar-refractivity contribution in [2.24, 2.45) is 15.3 Å². The van der Waals surface area contributed by atoms with Crippen molar-refractivity contribution in [3.05, 3.63) is 54.1 Å². The molecule has 2 aromatic carbocycles. The van der Waals surface area contributed by atoms with Crippen LogP contribution in [-0.2, 0) is 0 Å². The van der Waals surface area contributed by atoms with Crippen LogP contribution >= 0.6 is 0 Å². The van der Waals surface area contributed by atoms with Crippen LogP contribution in [0, 0.1) is 0 Å². The maximum absolute atomic E-state index is 10.8. The van der Waals surface area contributed by atoms with Gasteiger partial charge in [-0.15, -0.1) is 10.2 Å². The molecule has 106 valence electrons. The molecule has 2 rings (SSSR count). The summed E-state index contributed by atoms with van der Waals surface area (Å²) in [6.45, 7) is 0. The number of carboxylic acids is 1. The molecule has 0 aliphatic carbocycles. The first-order chi connectivity index (χ1) is 10.2. The van der Waals surface area contributed by atoms with Gasteiger partial charge in [0, 0.05) is 0 Å². The summed E-state index contributed by atoms with van der Waals surface area (Å²) in [6.07, 6.45) is 1.15. The number of carboxylic acid groups (broad SMARTS) is 1. The molecule has 7 heteroatoms. The average molecular weight is 284 g/mol. The molecule has 3 N–H and O–H groups in total. The van der Waals surface area contributed by atoms with Gasteiger partial charge in [0.15, 0.2) is 12.1 Å². The maximum Gasteiger partial charge on any atom is 0.339 e. The van der Waals surface area contributed by atoms with Gasteiger partial charge in [-0.25, -0.2) is 4.79 Å². The van der Waals surface area contributed by atoms with Gasteiger partial charge in [-0.1, -0.05) is 24.3 Å². The number of hydrogen-bond acceptors (Lipinski definition) is 5. The minimum Gasteiger partial charge on any atom is -0.505 e. The first-order valence-corrected chi connectivity index (χ1v) is 5.97. The van der Waals surface area contributed by atoms with E-state index in [-0.39, 0.29) is 11.3 Å². The van der Waals surface area contributed by atoms with Crippen LogP contribution in [0.5, 0.6) is 5.75 Å². The minimum absolute atomic E-state index is 0.0565. The van der Waals surface area contributed by atoms with E-state index in [0.717, 1.165) is 12.0 Å². The van der Waals surface area contributed by atoms with Crippen LogP contribution in [0.1, 0.15) is 10.4 Å². The van der Waals surface area contributed by atoms with Crippen LogP contribution in [0.4, 0.5) is 11.4 Å². The van der Waals surface area contributed by atoms with Crippen molar-refractivity contribution in [2.75, 3.05) is 5.43 Å². The number of rotatable bonds is 5. The Labute approximate surface area is 120 Å². The number of aromatic hydroxyl groups is 1. The van der Waals surface area contributed by atoms with E-state index in [1.165, 1.54) is 18.2 Å². The minimum atomic E-state index is -1.23. The van der Waals surface area contributed by atoms with Gasteiger partial charge in [0.2, 0.25) is 0 Å². The molecular weight excluding hydrogens is 272 g/mol. The predicted octanol–water partition coefficient (Wildman–Crippen LogP) is 3.23. The number of azo groups is 1. The van der Waals surface area contributed by atoms with Gasteiger partial charge in [0.25, 0.3) is 0 Å². The van der Waals surface area contributed by atoms with Crippen LogP contribution in [0.2, 0.25) is 0 Å². The number of nitrogens with zero attached hydrogens (tertiary/aromatic N) is 3. The number of benzene rings is 2. The third kappa shape index (κ3) is 3.87. The van der Waals surface area contributed by atoms with E-state index in [1.54, 1.807) is 0 Å². The second kappa shape index (κ2) is 6.80. The molecule has 0 spiro atoms. The number of para-hydroxylation sites is 2. The molecule has 2 aromatic rings. The number of anilines is 1. The van der Waals surface area contributed by atoms with E-state index in [0.29, 0.717) is 0 Å². The molecule has 0 radical (unpaired) electrons. The Morgan fingerprint density at radius 1 is 1.10 bits per heavy atom. The van der Waals surface area contributed by atoms with Gasteiger partial charge in [0.05, 0.1) is 5.69 Å². The quantitative estimate of drug-likeness (QED) is 0.339. The molecule has 0 saturated carbocycles. The van der Waals surface area contributed by atoms with E-state index in [1.807, 2.05) is 30.3 Å². The Bertz CT molecular complexity index is 684. The van der Waals surface area contributed by atoms with Crippen LogP contribution in [0.25, 0.3) is 0 Å². The zero-order chi connectivity index (χ0) is 15.1. The van der Waals surface area contributed by atoms with E-state index < -0.39 is 11.7 Å². The number of hydrogen-bond donors (Lipinski definition) is 3. The molecule has 0 bridgehead atoms. The molecule has 0 fully saturated rings. The first kappa shape index (κ1) is 14.2. The third-order valence-electron chi connectivity index (χ3n) is 2.49. The Morgan fingerprint density at radius 3 is 2.57 bits per heavy atom. The van der Waals surface area contributed by atoms with Crippen molar-refractivity contribution in [1.29, 1.82) is 0 Å². The Balaban J connectivity index is 2.02. The highest BCUT2D eigenvalue weighted by molar-refractivity contribution is 5.92. The van der Waals surface area contributed by atoms with E-state index in [2.05, 4.69) is 20.8 Å². The molecule has 0 atom stereocenters. The third-order valence-corrected chi connectivity index (χ3v) is 2.49. The monoisotopic (exact) mass is 284 g/mol. The van der Waals surface area contributed by atoms with Gasteiger partial charge in [-0.2, -0.15) is 5.10 Å². The molecule has 0 aromatic heterocycles. The van der Waals surface area contributed by atoms with Gasteiger partial charge in [-0.05, 0) is 24.3 Å². The van der Waals surface area contributed by atoms with Crippen molar-refractivity contribution < 1.29 is 15.0 Å². The van der Waals surface area contributed by atoms with Gasteiger partial charge < -0.3 is 10.2 Å². The highest BCUT2D eigenvalue weighted by atomic mass is 16.4. The Hall–Kier alpha value is -3.22. The van der Waals surface area contributed by atoms with Crippen molar-refractivity contribution in [3.63, 3.8) is 0 Å². The second-order valence-electron chi connectivity index (χ2n) is 3.92. The Kier molecular flexibility index (Phi) is 4.60. The SMILES string of the molecule is O=C(O)c1cccc(N=N/C=N/Nc2ccccc2)c1O. The smallest absolute Gasteiger partial charge is 0.339 e. The fourth-order valence-electron chi connectivity index (χ4n) is 1.51. The van der Waals surface area contributed by atoms with E-state index >= 15 is 0 Å². The Morgan fingerprint density at radius 2 is 1.86 bits per heavy atom. The lowest BCUT2D eigenvalue weighted by Gasteiger charge is -2.00.